The summed E-state index contributed by atoms with van der Waals surface area (Å²) in [5.74, 6) is 0.837. The molecule has 332 valence electrons. The first-order valence-electron chi connectivity index (χ1n) is 24.8. The highest BCUT2D eigenvalue weighted by Crippen LogP contribution is 2.17. The minimum absolute atomic E-state index is 0.0645. The summed E-state index contributed by atoms with van der Waals surface area (Å²) < 4.78 is 16.7. The lowest BCUT2D eigenvalue weighted by Crippen LogP contribution is -2.30. The van der Waals surface area contributed by atoms with Crippen LogP contribution in [0.2, 0.25) is 0 Å². The van der Waals surface area contributed by atoms with Crippen molar-refractivity contribution < 1.29 is 28.6 Å². The van der Waals surface area contributed by atoms with Crippen molar-refractivity contribution in [1.29, 1.82) is 0 Å². The van der Waals surface area contributed by atoms with Crippen LogP contribution in [0.1, 0.15) is 272 Å². The van der Waals surface area contributed by atoms with Gasteiger partial charge < -0.3 is 14.2 Å². The molecule has 0 heterocycles. The van der Waals surface area contributed by atoms with Gasteiger partial charge in [0, 0.05) is 19.3 Å². The number of hydrogen-bond acceptors (Lipinski definition) is 6. The molecule has 0 aromatic rings. The smallest absolute Gasteiger partial charge is 0.306 e. The predicted molar refractivity (Wildman–Crippen MR) is 238 cm³/mol. The fourth-order valence-corrected chi connectivity index (χ4v) is 7.43. The van der Waals surface area contributed by atoms with Crippen molar-refractivity contribution in [3.63, 3.8) is 0 Å². The highest BCUT2D eigenvalue weighted by atomic mass is 16.6. The molecule has 0 amide bonds. The van der Waals surface area contributed by atoms with E-state index in [-0.39, 0.29) is 31.1 Å². The van der Waals surface area contributed by atoms with E-state index in [1.807, 2.05) is 0 Å². The summed E-state index contributed by atoms with van der Waals surface area (Å²) in [5, 5.41) is 0. The number of hydrogen-bond donors (Lipinski definition) is 0. The van der Waals surface area contributed by atoms with Crippen LogP contribution in [0.5, 0.6) is 0 Å². The van der Waals surface area contributed by atoms with Crippen LogP contribution < -0.4 is 0 Å². The van der Waals surface area contributed by atoms with Gasteiger partial charge in [-0.3, -0.25) is 14.4 Å². The summed E-state index contributed by atoms with van der Waals surface area (Å²) >= 11 is 0. The van der Waals surface area contributed by atoms with Crippen LogP contribution in [-0.4, -0.2) is 37.2 Å². The summed E-state index contributed by atoms with van der Waals surface area (Å²) in [6.07, 6.45) is 42.3. The van der Waals surface area contributed by atoms with Crippen molar-refractivity contribution in [2.75, 3.05) is 13.2 Å². The van der Waals surface area contributed by atoms with E-state index >= 15 is 0 Å². The zero-order chi connectivity index (χ0) is 41.2. The van der Waals surface area contributed by atoms with Gasteiger partial charge in [-0.25, -0.2) is 0 Å². The van der Waals surface area contributed by atoms with Crippen LogP contribution in [0.25, 0.3) is 0 Å². The van der Waals surface area contributed by atoms with E-state index in [4.69, 9.17) is 14.2 Å². The average molecular weight is 793 g/mol. The molecule has 6 nitrogen and oxygen atoms in total. The third-order valence-corrected chi connectivity index (χ3v) is 11.6. The fourth-order valence-electron chi connectivity index (χ4n) is 7.43. The Morgan fingerprint density at radius 1 is 0.375 bits per heavy atom. The van der Waals surface area contributed by atoms with E-state index in [2.05, 4.69) is 34.6 Å². The van der Waals surface area contributed by atoms with E-state index < -0.39 is 6.10 Å². The maximum atomic E-state index is 12.8. The van der Waals surface area contributed by atoms with E-state index in [0.717, 1.165) is 69.6 Å². The molecule has 0 aliphatic heterocycles. The molecule has 0 saturated carbocycles. The Hall–Kier alpha value is -1.59. The quantitative estimate of drug-likeness (QED) is 0.0347. The predicted octanol–water partition coefficient (Wildman–Crippen LogP) is 15.8. The average Bonchev–Trinajstić information content (AvgIpc) is 3.18. The van der Waals surface area contributed by atoms with Crippen LogP contribution >= 0.6 is 0 Å². The lowest BCUT2D eigenvalue weighted by Gasteiger charge is -2.18. The van der Waals surface area contributed by atoms with Gasteiger partial charge in [-0.05, 0) is 31.1 Å². The monoisotopic (exact) mass is 793 g/mol. The van der Waals surface area contributed by atoms with Gasteiger partial charge >= 0.3 is 17.9 Å². The van der Waals surface area contributed by atoms with Gasteiger partial charge in [0.1, 0.15) is 13.2 Å². The summed E-state index contributed by atoms with van der Waals surface area (Å²) in [5.41, 5.74) is 0. The molecule has 0 aliphatic carbocycles. The highest BCUT2D eigenvalue weighted by Gasteiger charge is 2.19. The SMILES string of the molecule is CCCCCCCCCCCC(=O)OC[C@@H](COC(=O)CCCCCCCCCCC(C)CC)OC(=O)CCCCCCCCCCCCCCCCC(C)C. The Bertz CT molecular complexity index is 856. The summed E-state index contributed by atoms with van der Waals surface area (Å²) in [6.45, 7) is 11.4. The van der Waals surface area contributed by atoms with E-state index in [9.17, 15) is 14.4 Å². The van der Waals surface area contributed by atoms with Gasteiger partial charge in [0.2, 0.25) is 0 Å². The van der Waals surface area contributed by atoms with Gasteiger partial charge in [-0.15, -0.1) is 0 Å². The molecule has 2 atom stereocenters. The fraction of sp³-hybridized carbons (Fsp3) is 0.940. The Kier molecular flexibility index (Phi) is 41.8. The van der Waals surface area contributed by atoms with Gasteiger partial charge in [0.15, 0.2) is 6.10 Å². The van der Waals surface area contributed by atoms with Gasteiger partial charge in [-0.2, -0.15) is 0 Å². The molecule has 0 aromatic carbocycles. The first-order chi connectivity index (χ1) is 27.3. The maximum absolute atomic E-state index is 12.8. The molecule has 0 rings (SSSR count). The van der Waals surface area contributed by atoms with Crippen molar-refractivity contribution in [2.45, 2.75) is 278 Å². The van der Waals surface area contributed by atoms with Crippen LogP contribution in [0.15, 0.2) is 0 Å². The molecule has 0 aromatic heterocycles. The summed E-state index contributed by atoms with van der Waals surface area (Å²) in [6, 6.07) is 0. The van der Waals surface area contributed by atoms with Gasteiger partial charge in [-0.1, -0.05) is 234 Å². The minimum Gasteiger partial charge on any atom is -0.462 e. The Balaban J connectivity index is 4.28. The third kappa shape index (κ3) is 42.0. The van der Waals surface area contributed by atoms with E-state index in [1.54, 1.807) is 0 Å². The molecular formula is C50H96O6. The number of carbonyl (C=O) groups excluding carboxylic acids is 3. The molecule has 0 aliphatic rings. The standard InChI is InChI=1S/C50H96O6/c1-6-8-9-10-11-18-25-30-35-40-48(51)54-43-47(44-55-49(52)41-36-31-26-22-21-24-29-34-39-46(5)7-2)56-50(53)42-37-32-27-20-17-15-13-12-14-16-19-23-28-33-38-45(3)4/h45-47H,6-44H2,1-5H3/t46?,47-/m0/s1. The Labute approximate surface area is 348 Å². The van der Waals surface area contributed by atoms with Crippen molar-refractivity contribution in [3.05, 3.63) is 0 Å². The molecule has 1 unspecified atom stereocenters. The molecule has 0 saturated heterocycles. The minimum atomic E-state index is -0.760. The summed E-state index contributed by atoms with van der Waals surface area (Å²) in [7, 11) is 0. The lowest BCUT2D eigenvalue weighted by molar-refractivity contribution is -0.167. The van der Waals surface area contributed by atoms with Crippen molar-refractivity contribution in [1.82, 2.24) is 0 Å². The van der Waals surface area contributed by atoms with Crippen molar-refractivity contribution in [2.24, 2.45) is 11.8 Å². The zero-order valence-corrected chi connectivity index (χ0v) is 38.3. The number of ether oxygens (including phenoxy) is 3. The Morgan fingerprint density at radius 2 is 0.679 bits per heavy atom. The highest BCUT2D eigenvalue weighted by molar-refractivity contribution is 5.71. The second-order valence-corrected chi connectivity index (χ2v) is 17.8. The Morgan fingerprint density at radius 3 is 1.02 bits per heavy atom. The number of esters is 3. The largest absolute Gasteiger partial charge is 0.462 e. The molecule has 0 bridgehead atoms. The number of carbonyl (C=O) groups is 3. The molecule has 0 spiro atoms. The van der Waals surface area contributed by atoms with Crippen LogP contribution in [0, 0.1) is 11.8 Å². The zero-order valence-electron chi connectivity index (χ0n) is 38.3. The second kappa shape index (κ2) is 43.0. The van der Waals surface area contributed by atoms with E-state index in [0.29, 0.717) is 19.3 Å². The first kappa shape index (κ1) is 54.4. The summed E-state index contributed by atoms with van der Waals surface area (Å²) in [4.78, 5) is 37.8. The lowest BCUT2D eigenvalue weighted by atomic mass is 9.99. The van der Waals surface area contributed by atoms with E-state index in [1.165, 1.54) is 161 Å². The van der Waals surface area contributed by atoms with Crippen LogP contribution in [-0.2, 0) is 28.6 Å². The second-order valence-electron chi connectivity index (χ2n) is 17.8. The molecule has 0 fully saturated rings. The van der Waals surface area contributed by atoms with Crippen LogP contribution in [0.4, 0.5) is 0 Å². The molecule has 6 heteroatoms. The van der Waals surface area contributed by atoms with Gasteiger partial charge in [0.05, 0.1) is 0 Å². The third-order valence-electron chi connectivity index (χ3n) is 11.6. The topological polar surface area (TPSA) is 78.9 Å². The van der Waals surface area contributed by atoms with Crippen molar-refractivity contribution >= 4 is 17.9 Å². The van der Waals surface area contributed by atoms with Crippen LogP contribution in [0.3, 0.4) is 0 Å². The number of unbranched alkanes of at least 4 members (excludes halogenated alkanes) is 28. The normalized spacial score (nSPS) is 12.5. The van der Waals surface area contributed by atoms with Crippen molar-refractivity contribution in [3.8, 4) is 0 Å². The first-order valence-corrected chi connectivity index (χ1v) is 24.8. The molecule has 56 heavy (non-hydrogen) atoms. The maximum Gasteiger partial charge on any atom is 0.306 e. The van der Waals surface area contributed by atoms with Gasteiger partial charge in [0.25, 0.3) is 0 Å². The number of rotatable bonds is 44. The molecule has 0 N–H and O–H groups in total. The molecule has 0 radical (unpaired) electrons. The molecular weight excluding hydrogens is 697 g/mol.